The molecule has 0 N–H and O–H groups in total. The lowest BCUT2D eigenvalue weighted by atomic mass is 9.79. The van der Waals surface area contributed by atoms with Gasteiger partial charge in [0.1, 0.15) is 0 Å². The van der Waals surface area contributed by atoms with E-state index in [1.54, 1.807) is 6.07 Å². The first kappa shape index (κ1) is 16.9. The fourth-order valence-electron chi connectivity index (χ4n) is 2.25. The van der Waals surface area contributed by atoms with E-state index in [0.29, 0.717) is 22.1 Å². The van der Waals surface area contributed by atoms with Gasteiger partial charge in [-0.1, -0.05) is 61.7 Å². The summed E-state index contributed by atoms with van der Waals surface area (Å²) >= 11 is 13.2. The van der Waals surface area contributed by atoms with E-state index < -0.39 is 11.6 Å². The second-order valence-corrected chi connectivity index (χ2v) is 6.54. The third-order valence-corrected chi connectivity index (χ3v) is 5.86. The van der Waals surface area contributed by atoms with Crippen molar-refractivity contribution in [3.05, 3.63) is 70.2 Å². The van der Waals surface area contributed by atoms with E-state index in [9.17, 15) is 8.78 Å². The summed E-state index contributed by atoms with van der Waals surface area (Å²) < 4.78 is 26.5. The average molecular weight is 439 g/mol. The van der Waals surface area contributed by atoms with Crippen LogP contribution < -0.4 is 0 Å². The molecule has 0 nitrogen and oxygen atoms in total. The summed E-state index contributed by atoms with van der Waals surface area (Å²) in [6.07, 6.45) is 0.570. The van der Waals surface area contributed by atoms with Gasteiger partial charge in [-0.2, -0.15) is 0 Å². The molecule has 0 aliphatic heterocycles. The molecule has 0 radical (unpaired) electrons. The maximum absolute atomic E-state index is 13.4. The number of halogens is 5. The van der Waals surface area contributed by atoms with Crippen LogP contribution in [0.25, 0.3) is 0 Å². The molecule has 0 saturated heterocycles. The molecule has 0 bridgehead atoms. The summed E-state index contributed by atoms with van der Waals surface area (Å²) in [5, 5.41) is 2.00. The molecule has 2 aromatic carbocycles. The Morgan fingerprint density at radius 1 is 0.952 bits per heavy atom. The van der Waals surface area contributed by atoms with E-state index in [-0.39, 0.29) is 5.41 Å². The minimum absolute atomic E-state index is 0.283. The maximum Gasteiger partial charge on any atom is 0.159 e. The Bertz CT molecular complexity index is 627. The molecule has 5 heteroatoms. The van der Waals surface area contributed by atoms with Crippen LogP contribution in [0.3, 0.4) is 0 Å². The first-order valence-corrected chi connectivity index (χ1v) is 8.95. The van der Waals surface area contributed by atoms with Crippen molar-refractivity contribution in [1.82, 2.24) is 0 Å². The second kappa shape index (κ2) is 7.21. The van der Waals surface area contributed by atoms with Gasteiger partial charge < -0.3 is 0 Å². The van der Waals surface area contributed by atoms with Crippen LogP contribution in [0, 0.1) is 11.6 Å². The zero-order chi connectivity index (χ0) is 15.5. The van der Waals surface area contributed by atoms with Gasteiger partial charge in [-0.05, 0) is 41.8 Å². The standard InChI is InChI=1S/C16H13Br2ClF2/c17-9-16(10-18,12-2-1-3-13(19)7-12)8-11-4-5-14(20)15(21)6-11/h1-7H,8-10H2. The van der Waals surface area contributed by atoms with Gasteiger partial charge in [0, 0.05) is 21.1 Å². The highest BCUT2D eigenvalue weighted by Crippen LogP contribution is 2.34. The third kappa shape index (κ3) is 3.85. The maximum atomic E-state index is 13.4. The van der Waals surface area contributed by atoms with Crippen molar-refractivity contribution in [3.8, 4) is 0 Å². The summed E-state index contributed by atoms with van der Waals surface area (Å²) in [5.41, 5.74) is 1.51. The van der Waals surface area contributed by atoms with Crippen molar-refractivity contribution in [1.29, 1.82) is 0 Å². The number of hydrogen-bond donors (Lipinski definition) is 0. The van der Waals surface area contributed by atoms with Gasteiger partial charge in [0.2, 0.25) is 0 Å². The molecular formula is C16H13Br2ClF2. The van der Waals surface area contributed by atoms with Crippen molar-refractivity contribution in [3.63, 3.8) is 0 Å². The highest BCUT2D eigenvalue weighted by molar-refractivity contribution is 9.09. The molecule has 2 rings (SSSR count). The summed E-state index contributed by atoms with van der Waals surface area (Å²) in [6.45, 7) is 0. The van der Waals surface area contributed by atoms with E-state index in [4.69, 9.17) is 11.6 Å². The Morgan fingerprint density at radius 2 is 1.67 bits per heavy atom. The topological polar surface area (TPSA) is 0 Å². The van der Waals surface area contributed by atoms with Gasteiger partial charge in [-0.25, -0.2) is 8.78 Å². The molecule has 0 spiro atoms. The van der Waals surface area contributed by atoms with Crippen LogP contribution in [0.1, 0.15) is 11.1 Å². The van der Waals surface area contributed by atoms with Crippen molar-refractivity contribution >= 4 is 43.5 Å². The van der Waals surface area contributed by atoms with Crippen LogP contribution in [0.2, 0.25) is 5.02 Å². The second-order valence-electron chi connectivity index (χ2n) is 4.98. The molecule has 0 unspecified atom stereocenters. The Balaban J connectivity index is 2.40. The Hall–Kier alpha value is -0.450. The number of rotatable bonds is 5. The Labute approximate surface area is 144 Å². The van der Waals surface area contributed by atoms with E-state index in [1.807, 2.05) is 24.3 Å². The molecule has 0 fully saturated rings. The van der Waals surface area contributed by atoms with Crippen molar-refractivity contribution in [2.45, 2.75) is 11.8 Å². The first-order valence-electron chi connectivity index (χ1n) is 6.33. The Morgan fingerprint density at radius 3 is 2.24 bits per heavy atom. The summed E-state index contributed by atoms with van der Waals surface area (Å²) in [5.74, 6) is -1.65. The average Bonchev–Trinajstić information content (AvgIpc) is 2.48. The summed E-state index contributed by atoms with van der Waals surface area (Å²) in [7, 11) is 0. The predicted octanol–water partition coefficient (Wildman–Crippen LogP) is 5.89. The van der Waals surface area contributed by atoms with Gasteiger partial charge in [-0.15, -0.1) is 0 Å². The number of hydrogen-bond acceptors (Lipinski definition) is 0. The van der Waals surface area contributed by atoms with Crippen LogP contribution in [-0.4, -0.2) is 10.7 Å². The van der Waals surface area contributed by atoms with Crippen LogP contribution in [0.15, 0.2) is 42.5 Å². The molecular weight excluding hydrogens is 425 g/mol. The minimum atomic E-state index is -0.829. The highest BCUT2D eigenvalue weighted by Gasteiger charge is 2.31. The predicted molar refractivity (Wildman–Crippen MR) is 90.8 cm³/mol. The lowest BCUT2D eigenvalue weighted by Crippen LogP contribution is -2.33. The SMILES string of the molecule is Fc1ccc(CC(CBr)(CBr)c2cccc(Cl)c2)cc1F. The third-order valence-electron chi connectivity index (χ3n) is 3.48. The molecule has 0 aromatic heterocycles. The van der Waals surface area contributed by atoms with Crippen molar-refractivity contribution < 1.29 is 8.78 Å². The molecule has 0 amide bonds. The van der Waals surface area contributed by atoms with E-state index in [0.717, 1.165) is 17.2 Å². The molecule has 2 aromatic rings. The van der Waals surface area contributed by atoms with E-state index in [2.05, 4.69) is 31.9 Å². The lowest BCUT2D eigenvalue weighted by molar-refractivity contribution is 0.501. The zero-order valence-corrected chi connectivity index (χ0v) is 15.0. The van der Waals surface area contributed by atoms with Gasteiger partial charge >= 0.3 is 0 Å². The fraction of sp³-hybridized carbons (Fsp3) is 0.250. The lowest BCUT2D eigenvalue weighted by Gasteiger charge is -2.31. The van der Waals surface area contributed by atoms with Gasteiger partial charge in [0.25, 0.3) is 0 Å². The molecule has 0 aliphatic carbocycles. The van der Waals surface area contributed by atoms with E-state index >= 15 is 0 Å². The minimum Gasteiger partial charge on any atom is -0.204 e. The van der Waals surface area contributed by atoms with Gasteiger partial charge in [0.15, 0.2) is 11.6 Å². The molecule has 0 aliphatic rings. The molecule has 0 saturated carbocycles. The smallest absolute Gasteiger partial charge is 0.159 e. The quantitative estimate of drug-likeness (QED) is 0.511. The number of alkyl halides is 2. The van der Waals surface area contributed by atoms with Crippen LogP contribution in [0.4, 0.5) is 8.78 Å². The van der Waals surface area contributed by atoms with Crippen molar-refractivity contribution in [2.75, 3.05) is 10.7 Å². The number of benzene rings is 2. The normalized spacial score (nSPS) is 11.7. The Kier molecular flexibility index (Phi) is 5.81. The molecule has 0 heterocycles. The van der Waals surface area contributed by atoms with Crippen LogP contribution in [0.5, 0.6) is 0 Å². The molecule has 112 valence electrons. The van der Waals surface area contributed by atoms with Crippen LogP contribution in [-0.2, 0) is 11.8 Å². The first-order chi connectivity index (χ1) is 10.0. The van der Waals surface area contributed by atoms with Gasteiger partial charge in [-0.3, -0.25) is 0 Å². The van der Waals surface area contributed by atoms with Crippen LogP contribution >= 0.6 is 43.5 Å². The van der Waals surface area contributed by atoms with E-state index in [1.165, 1.54) is 6.07 Å². The van der Waals surface area contributed by atoms with Crippen molar-refractivity contribution in [2.24, 2.45) is 0 Å². The highest BCUT2D eigenvalue weighted by atomic mass is 79.9. The zero-order valence-electron chi connectivity index (χ0n) is 11.1. The largest absolute Gasteiger partial charge is 0.204 e. The van der Waals surface area contributed by atoms with Gasteiger partial charge in [0.05, 0.1) is 0 Å². The fourth-order valence-corrected chi connectivity index (χ4v) is 4.41. The summed E-state index contributed by atoms with van der Waals surface area (Å²) in [4.78, 5) is 0. The monoisotopic (exact) mass is 436 g/mol. The summed E-state index contributed by atoms with van der Waals surface area (Å²) in [6, 6.07) is 11.6. The molecule has 0 atom stereocenters. The molecule has 21 heavy (non-hydrogen) atoms.